The smallest absolute Gasteiger partial charge is 0.350 e. The van der Waals surface area contributed by atoms with E-state index in [4.69, 9.17) is 9.47 Å². The molecule has 1 amide bonds. The van der Waals surface area contributed by atoms with Gasteiger partial charge in [-0.2, -0.15) is 0 Å². The summed E-state index contributed by atoms with van der Waals surface area (Å²) in [4.78, 5) is 29.0. The van der Waals surface area contributed by atoms with Crippen LogP contribution in [-0.2, 0) is 16.6 Å². The molecule has 34 heavy (non-hydrogen) atoms. The zero-order valence-electron chi connectivity index (χ0n) is 20.1. The normalized spacial score (nSPS) is 12.0. The van der Waals surface area contributed by atoms with Gasteiger partial charge in [-0.25, -0.2) is 9.78 Å². The number of carbonyl (C=O) groups excluding carboxylic acids is 2. The molecule has 0 fully saturated rings. The molecule has 0 radical (unpaired) electrons. The van der Waals surface area contributed by atoms with Crippen molar-refractivity contribution in [2.75, 3.05) is 17.7 Å². The summed E-state index contributed by atoms with van der Waals surface area (Å²) in [5.41, 5.74) is 1.78. The van der Waals surface area contributed by atoms with Crippen molar-refractivity contribution in [3.63, 3.8) is 0 Å². The maximum absolute atomic E-state index is 12.4. The molecule has 3 rings (SSSR count). The van der Waals surface area contributed by atoms with Gasteiger partial charge in [-0.15, -0.1) is 10.2 Å². The SMILES string of the molecule is CCOC(=O)c1sc(NC(=O)CSc2nnc(C(C)Oc3ccc(C(C)C)cc3)n2C)nc1C. The van der Waals surface area contributed by atoms with Gasteiger partial charge in [0, 0.05) is 7.05 Å². The van der Waals surface area contributed by atoms with Crippen molar-refractivity contribution in [2.45, 2.75) is 51.8 Å². The average molecular weight is 504 g/mol. The van der Waals surface area contributed by atoms with Crippen LogP contribution in [-0.4, -0.2) is 44.0 Å². The first-order valence-electron chi connectivity index (χ1n) is 10.9. The fraction of sp³-hybridized carbons (Fsp3) is 0.435. The highest BCUT2D eigenvalue weighted by molar-refractivity contribution is 7.99. The van der Waals surface area contributed by atoms with E-state index in [0.29, 0.717) is 32.6 Å². The molecule has 1 N–H and O–H groups in total. The van der Waals surface area contributed by atoms with Crippen LogP contribution in [0.1, 0.15) is 66.5 Å². The van der Waals surface area contributed by atoms with Crippen molar-refractivity contribution < 1.29 is 19.1 Å². The molecule has 1 atom stereocenters. The second-order valence-electron chi connectivity index (χ2n) is 7.87. The molecule has 9 nitrogen and oxygen atoms in total. The number of esters is 1. The topological polar surface area (TPSA) is 108 Å². The Morgan fingerprint density at radius 2 is 1.88 bits per heavy atom. The molecule has 0 aliphatic heterocycles. The van der Waals surface area contributed by atoms with Crippen molar-refractivity contribution in [3.05, 3.63) is 46.2 Å². The molecule has 2 aromatic heterocycles. The highest BCUT2D eigenvalue weighted by Gasteiger charge is 2.20. The monoisotopic (exact) mass is 503 g/mol. The summed E-state index contributed by atoms with van der Waals surface area (Å²) < 4.78 is 12.9. The van der Waals surface area contributed by atoms with Gasteiger partial charge in [0.25, 0.3) is 0 Å². The fourth-order valence-corrected chi connectivity index (χ4v) is 4.71. The molecule has 0 saturated carbocycles. The summed E-state index contributed by atoms with van der Waals surface area (Å²) in [5.74, 6) is 1.30. The van der Waals surface area contributed by atoms with Crippen molar-refractivity contribution in [2.24, 2.45) is 7.05 Å². The molecule has 0 bridgehead atoms. The van der Waals surface area contributed by atoms with Crippen LogP contribution in [0.4, 0.5) is 5.13 Å². The van der Waals surface area contributed by atoms with E-state index >= 15 is 0 Å². The Hall–Kier alpha value is -2.92. The Kier molecular flexibility index (Phi) is 8.67. The van der Waals surface area contributed by atoms with Crippen molar-refractivity contribution in [1.29, 1.82) is 0 Å². The molecule has 182 valence electrons. The van der Waals surface area contributed by atoms with Gasteiger partial charge in [0.2, 0.25) is 5.91 Å². The first-order chi connectivity index (χ1) is 16.2. The second kappa shape index (κ2) is 11.5. The molecule has 1 aromatic carbocycles. The third-order valence-electron chi connectivity index (χ3n) is 4.93. The Balaban J connectivity index is 1.56. The lowest BCUT2D eigenvalue weighted by atomic mass is 10.0. The molecule has 0 spiro atoms. The summed E-state index contributed by atoms with van der Waals surface area (Å²) in [6.07, 6.45) is -0.315. The lowest BCUT2D eigenvalue weighted by Crippen LogP contribution is -2.14. The highest BCUT2D eigenvalue weighted by atomic mass is 32.2. The van der Waals surface area contributed by atoms with Gasteiger partial charge in [-0.05, 0) is 44.4 Å². The van der Waals surface area contributed by atoms with E-state index in [1.165, 1.54) is 17.3 Å². The first kappa shape index (κ1) is 25.7. The highest BCUT2D eigenvalue weighted by Crippen LogP contribution is 2.26. The first-order valence-corrected chi connectivity index (χ1v) is 12.7. The molecular weight excluding hydrogens is 474 g/mol. The number of anilines is 1. The summed E-state index contributed by atoms with van der Waals surface area (Å²) in [7, 11) is 1.84. The van der Waals surface area contributed by atoms with E-state index in [9.17, 15) is 9.59 Å². The number of nitrogens with one attached hydrogen (secondary N) is 1. The molecule has 11 heteroatoms. The zero-order valence-corrected chi connectivity index (χ0v) is 21.7. The Morgan fingerprint density at radius 3 is 2.53 bits per heavy atom. The summed E-state index contributed by atoms with van der Waals surface area (Å²) in [6.45, 7) is 9.93. The lowest BCUT2D eigenvalue weighted by Gasteiger charge is -2.15. The summed E-state index contributed by atoms with van der Waals surface area (Å²) in [6, 6.07) is 8.03. The molecule has 0 aliphatic carbocycles. The van der Waals surface area contributed by atoms with Crippen LogP contribution in [0.15, 0.2) is 29.4 Å². The lowest BCUT2D eigenvalue weighted by molar-refractivity contribution is -0.113. The maximum atomic E-state index is 12.4. The summed E-state index contributed by atoms with van der Waals surface area (Å²) in [5, 5.41) is 12.1. The van der Waals surface area contributed by atoms with Crippen LogP contribution in [0.2, 0.25) is 0 Å². The molecule has 1 unspecified atom stereocenters. The second-order valence-corrected chi connectivity index (χ2v) is 9.82. The maximum Gasteiger partial charge on any atom is 0.350 e. The third-order valence-corrected chi connectivity index (χ3v) is 7.00. The van der Waals surface area contributed by atoms with Crippen molar-refractivity contribution in [3.8, 4) is 5.75 Å². The molecule has 0 saturated heterocycles. The number of aryl methyl sites for hydroxylation is 1. The van der Waals surface area contributed by atoms with E-state index < -0.39 is 5.97 Å². The van der Waals surface area contributed by atoms with Gasteiger partial charge in [0.1, 0.15) is 10.6 Å². The zero-order chi connectivity index (χ0) is 24.8. The van der Waals surface area contributed by atoms with Gasteiger partial charge in [0.15, 0.2) is 22.2 Å². The van der Waals surface area contributed by atoms with Crippen LogP contribution >= 0.6 is 23.1 Å². The third kappa shape index (κ3) is 6.35. The van der Waals surface area contributed by atoms with Crippen LogP contribution in [0.25, 0.3) is 0 Å². The minimum Gasteiger partial charge on any atom is -0.483 e. The van der Waals surface area contributed by atoms with Crippen molar-refractivity contribution >= 4 is 40.1 Å². The number of nitrogens with zero attached hydrogens (tertiary/aromatic N) is 4. The minimum atomic E-state index is -0.439. The molecule has 2 heterocycles. The van der Waals surface area contributed by atoms with Gasteiger partial charge in [-0.1, -0.05) is 49.1 Å². The molecular formula is C23H29N5O4S2. The summed E-state index contributed by atoms with van der Waals surface area (Å²) >= 11 is 2.35. The number of carbonyl (C=O) groups is 2. The van der Waals surface area contributed by atoms with Gasteiger partial charge in [-0.3, -0.25) is 4.79 Å². The molecule has 0 aliphatic rings. The van der Waals surface area contributed by atoms with Crippen LogP contribution < -0.4 is 10.1 Å². The van der Waals surface area contributed by atoms with E-state index in [2.05, 4.69) is 46.5 Å². The van der Waals surface area contributed by atoms with E-state index in [0.717, 1.165) is 17.1 Å². The fourth-order valence-electron chi connectivity index (χ4n) is 3.12. The average Bonchev–Trinajstić information content (AvgIpc) is 3.34. The Bertz CT molecular complexity index is 1140. The van der Waals surface area contributed by atoms with E-state index in [1.54, 1.807) is 13.8 Å². The van der Waals surface area contributed by atoms with Crippen LogP contribution in [0, 0.1) is 6.92 Å². The Morgan fingerprint density at radius 1 is 1.18 bits per heavy atom. The number of ether oxygens (including phenoxy) is 2. The number of hydrogen-bond donors (Lipinski definition) is 1. The predicted molar refractivity (Wildman–Crippen MR) is 133 cm³/mol. The number of thioether (sulfide) groups is 1. The van der Waals surface area contributed by atoms with Gasteiger partial charge in [0.05, 0.1) is 18.1 Å². The number of aromatic nitrogens is 4. The van der Waals surface area contributed by atoms with Crippen LogP contribution in [0.5, 0.6) is 5.75 Å². The van der Waals surface area contributed by atoms with Crippen molar-refractivity contribution in [1.82, 2.24) is 19.7 Å². The van der Waals surface area contributed by atoms with Crippen LogP contribution in [0.3, 0.4) is 0 Å². The largest absolute Gasteiger partial charge is 0.483 e. The quantitative estimate of drug-likeness (QED) is 0.312. The number of thiazole rings is 1. The van der Waals surface area contributed by atoms with E-state index in [1.807, 2.05) is 30.7 Å². The Labute approximate surface area is 207 Å². The van der Waals surface area contributed by atoms with E-state index in [-0.39, 0.29) is 24.4 Å². The van der Waals surface area contributed by atoms with Gasteiger partial charge >= 0.3 is 5.97 Å². The number of amides is 1. The number of benzene rings is 1. The number of hydrogen-bond acceptors (Lipinski definition) is 9. The van der Waals surface area contributed by atoms with Gasteiger partial charge < -0.3 is 19.4 Å². The predicted octanol–water partition coefficient (Wildman–Crippen LogP) is 4.75. The minimum absolute atomic E-state index is 0.116. The molecule has 3 aromatic rings. The number of rotatable bonds is 10. The standard InChI is InChI=1S/C23H29N5O4S2/c1-7-31-21(30)19-14(4)24-22(34-19)25-18(29)12-33-23-27-26-20(28(23)6)15(5)32-17-10-8-16(9-11-17)13(2)3/h8-11,13,15H,7,12H2,1-6H3,(H,24,25,29).